The summed E-state index contributed by atoms with van der Waals surface area (Å²) in [6.07, 6.45) is 2.84. The molecule has 0 spiro atoms. The molecule has 0 aliphatic heterocycles. The summed E-state index contributed by atoms with van der Waals surface area (Å²) in [5.74, 6) is 0. The summed E-state index contributed by atoms with van der Waals surface area (Å²) < 4.78 is 27.0. The van der Waals surface area contributed by atoms with Gasteiger partial charge < -0.3 is 5.73 Å². The lowest BCUT2D eigenvalue weighted by Gasteiger charge is -2.13. The number of hydrogen-bond donors (Lipinski definition) is 2. The lowest BCUT2D eigenvalue weighted by molar-refractivity contribution is 0.600. The van der Waals surface area contributed by atoms with Crippen LogP contribution < -0.4 is 10.5 Å². The standard InChI is InChI=1S/C13H15N3O2S/c1-9-6-11(14)7-10(2)13(9)16-19(17,18)12-4-3-5-15-8-12/h3-8,16H,14H2,1-2H3. The smallest absolute Gasteiger partial charge is 0.263 e. The van der Waals surface area contributed by atoms with E-state index in [1.54, 1.807) is 18.2 Å². The van der Waals surface area contributed by atoms with Gasteiger partial charge in [-0.25, -0.2) is 8.42 Å². The monoisotopic (exact) mass is 277 g/mol. The van der Waals surface area contributed by atoms with E-state index in [0.717, 1.165) is 11.1 Å². The van der Waals surface area contributed by atoms with Crippen LogP contribution >= 0.6 is 0 Å². The minimum atomic E-state index is -3.62. The summed E-state index contributed by atoms with van der Waals surface area (Å²) in [6.45, 7) is 3.62. The fourth-order valence-electron chi connectivity index (χ4n) is 1.86. The molecule has 0 radical (unpaired) electrons. The van der Waals surface area contributed by atoms with Crippen LogP contribution in [0.25, 0.3) is 0 Å². The van der Waals surface area contributed by atoms with Gasteiger partial charge in [0.25, 0.3) is 10.0 Å². The first kappa shape index (κ1) is 13.4. The maximum atomic E-state index is 12.2. The van der Waals surface area contributed by atoms with Crippen molar-refractivity contribution in [2.75, 3.05) is 10.5 Å². The van der Waals surface area contributed by atoms with Crippen molar-refractivity contribution in [3.8, 4) is 0 Å². The number of aryl methyl sites for hydroxylation is 2. The highest BCUT2D eigenvalue weighted by Gasteiger charge is 2.16. The second kappa shape index (κ2) is 4.89. The fraction of sp³-hybridized carbons (Fsp3) is 0.154. The SMILES string of the molecule is Cc1cc(N)cc(C)c1NS(=O)(=O)c1cccnc1. The van der Waals surface area contributed by atoms with Crippen molar-refractivity contribution in [1.29, 1.82) is 0 Å². The Labute approximate surface area is 112 Å². The lowest BCUT2D eigenvalue weighted by Crippen LogP contribution is -2.15. The number of aromatic nitrogens is 1. The first-order valence-corrected chi connectivity index (χ1v) is 7.18. The molecule has 2 aromatic rings. The van der Waals surface area contributed by atoms with Crippen molar-refractivity contribution < 1.29 is 8.42 Å². The molecule has 0 bridgehead atoms. The van der Waals surface area contributed by atoms with Gasteiger partial charge in [-0.1, -0.05) is 0 Å². The van der Waals surface area contributed by atoms with Gasteiger partial charge in [0.15, 0.2) is 0 Å². The van der Waals surface area contributed by atoms with Gasteiger partial charge in [0.2, 0.25) is 0 Å². The molecule has 0 unspecified atom stereocenters. The molecule has 0 saturated heterocycles. The normalized spacial score (nSPS) is 11.3. The van der Waals surface area contributed by atoms with Crippen molar-refractivity contribution in [1.82, 2.24) is 4.98 Å². The summed E-state index contributed by atoms with van der Waals surface area (Å²) >= 11 is 0. The second-order valence-electron chi connectivity index (χ2n) is 4.32. The van der Waals surface area contributed by atoms with Crippen LogP contribution in [0.1, 0.15) is 11.1 Å². The quantitative estimate of drug-likeness (QED) is 0.841. The van der Waals surface area contributed by atoms with E-state index in [2.05, 4.69) is 9.71 Å². The molecule has 0 amide bonds. The Morgan fingerprint density at radius 2 is 1.84 bits per heavy atom. The molecule has 1 heterocycles. The lowest BCUT2D eigenvalue weighted by atomic mass is 10.1. The average Bonchev–Trinajstić information content (AvgIpc) is 2.35. The van der Waals surface area contributed by atoms with Crippen molar-refractivity contribution in [2.24, 2.45) is 0 Å². The molecule has 0 saturated carbocycles. The molecule has 0 aliphatic rings. The second-order valence-corrected chi connectivity index (χ2v) is 6.01. The fourth-order valence-corrected chi connectivity index (χ4v) is 3.02. The number of pyridine rings is 1. The van der Waals surface area contributed by atoms with Crippen molar-refractivity contribution in [3.63, 3.8) is 0 Å². The Hall–Kier alpha value is -2.08. The molecular formula is C13H15N3O2S. The van der Waals surface area contributed by atoms with Gasteiger partial charge in [0.05, 0.1) is 5.69 Å². The number of nitrogens with zero attached hydrogens (tertiary/aromatic N) is 1. The molecular weight excluding hydrogens is 262 g/mol. The number of nitrogen functional groups attached to an aromatic ring is 1. The van der Waals surface area contributed by atoms with Crippen molar-refractivity contribution >= 4 is 21.4 Å². The van der Waals surface area contributed by atoms with Crippen LogP contribution in [0.4, 0.5) is 11.4 Å². The van der Waals surface area contributed by atoms with Crippen LogP contribution in [0.15, 0.2) is 41.6 Å². The van der Waals surface area contributed by atoms with E-state index in [1.165, 1.54) is 18.5 Å². The van der Waals surface area contributed by atoms with Gasteiger partial charge in [0.1, 0.15) is 4.90 Å². The van der Waals surface area contributed by atoms with E-state index in [-0.39, 0.29) is 4.90 Å². The van der Waals surface area contributed by atoms with Crippen LogP contribution in [0, 0.1) is 13.8 Å². The number of nitrogens with two attached hydrogens (primary N) is 1. The molecule has 0 aliphatic carbocycles. The zero-order valence-electron chi connectivity index (χ0n) is 10.7. The highest BCUT2D eigenvalue weighted by molar-refractivity contribution is 7.92. The molecule has 3 N–H and O–H groups in total. The van der Waals surface area contributed by atoms with Gasteiger partial charge in [0, 0.05) is 18.1 Å². The average molecular weight is 277 g/mol. The van der Waals surface area contributed by atoms with Gasteiger partial charge >= 0.3 is 0 Å². The van der Waals surface area contributed by atoms with Crippen molar-refractivity contribution in [2.45, 2.75) is 18.7 Å². The third-order valence-corrected chi connectivity index (χ3v) is 4.07. The van der Waals surface area contributed by atoms with Crippen molar-refractivity contribution in [3.05, 3.63) is 47.8 Å². The molecule has 1 aromatic heterocycles. The number of nitrogens with one attached hydrogen (secondary N) is 1. The van der Waals surface area contributed by atoms with Gasteiger partial charge in [-0.2, -0.15) is 0 Å². The molecule has 1 aromatic carbocycles. The summed E-state index contributed by atoms with van der Waals surface area (Å²) in [5, 5.41) is 0. The Morgan fingerprint density at radius 1 is 1.21 bits per heavy atom. The van der Waals surface area contributed by atoms with Crippen LogP contribution in [0.3, 0.4) is 0 Å². The number of anilines is 2. The van der Waals surface area contributed by atoms with Crippen LogP contribution in [0.2, 0.25) is 0 Å². The third kappa shape index (κ3) is 2.85. The number of hydrogen-bond acceptors (Lipinski definition) is 4. The predicted octanol–water partition coefficient (Wildman–Crippen LogP) is 2.08. The summed E-state index contributed by atoms with van der Waals surface area (Å²) in [5.41, 5.74) is 8.44. The van der Waals surface area contributed by atoms with E-state index >= 15 is 0 Å². The number of rotatable bonds is 3. The summed E-state index contributed by atoms with van der Waals surface area (Å²) in [7, 11) is -3.62. The molecule has 19 heavy (non-hydrogen) atoms. The van der Waals surface area contributed by atoms with Crippen LogP contribution in [-0.4, -0.2) is 13.4 Å². The number of sulfonamides is 1. The van der Waals surface area contributed by atoms with Gasteiger partial charge in [-0.3, -0.25) is 9.71 Å². The highest BCUT2D eigenvalue weighted by atomic mass is 32.2. The third-order valence-electron chi connectivity index (χ3n) is 2.74. The summed E-state index contributed by atoms with van der Waals surface area (Å²) in [4.78, 5) is 3.94. The van der Waals surface area contributed by atoms with Crippen LogP contribution in [-0.2, 0) is 10.0 Å². The maximum Gasteiger partial charge on any atom is 0.263 e. The Morgan fingerprint density at radius 3 is 2.37 bits per heavy atom. The molecule has 2 rings (SSSR count). The zero-order valence-corrected chi connectivity index (χ0v) is 11.5. The van der Waals surface area contributed by atoms with E-state index < -0.39 is 10.0 Å². The van der Waals surface area contributed by atoms with E-state index in [9.17, 15) is 8.42 Å². The zero-order chi connectivity index (χ0) is 14.0. The predicted molar refractivity (Wildman–Crippen MR) is 75.4 cm³/mol. The van der Waals surface area contributed by atoms with E-state index in [4.69, 9.17) is 5.73 Å². The molecule has 0 atom stereocenters. The molecule has 5 nitrogen and oxygen atoms in total. The van der Waals surface area contributed by atoms with Gasteiger partial charge in [-0.15, -0.1) is 0 Å². The first-order chi connectivity index (χ1) is 8.90. The number of benzene rings is 1. The topological polar surface area (TPSA) is 85.1 Å². The first-order valence-electron chi connectivity index (χ1n) is 5.70. The largest absolute Gasteiger partial charge is 0.399 e. The van der Waals surface area contributed by atoms with E-state index in [0.29, 0.717) is 11.4 Å². The van der Waals surface area contributed by atoms with Crippen LogP contribution in [0.5, 0.6) is 0 Å². The van der Waals surface area contributed by atoms with Gasteiger partial charge in [-0.05, 0) is 49.2 Å². The molecule has 0 fully saturated rings. The minimum Gasteiger partial charge on any atom is -0.399 e. The maximum absolute atomic E-state index is 12.2. The molecule has 6 heteroatoms. The van der Waals surface area contributed by atoms with E-state index in [1.807, 2.05) is 13.8 Å². The Kier molecular flexibility index (Phi) is 3.44. The highest BCUT2D eigenvalue weighted by Crippen LogP contribution is 2.25. The summed E-state index contributed by atoms with van der Waals surface area (Å²) in [6, 6.07) is 6.54. The minimum absolute atomic E-state index is 0.130. The Bertz CT molecular complexity index is 674. The Balaban J connectivity index is 2.42. The molecule has 100 valence electrons.